The molecule has 0 aliphatic rings. The Labute approximate surface area is 170 Å². The number of furan rings is 1. The Kier molecular flexibility index (Phi) is 4.37. The van der Waals surface area contributed by atoms with Crippen molar-refractivity contribution < 1.29 is 18.3 Å². The molecule has 6 heteroatoms. The zero-order chi connectivity index (χ0) is 20.5. The molecule has 2 heterocycles. The molecular weight excluding hydrogens is 383 g/mol. The molecule has 5 aromatic rings. The minimum atomic E-state index is -0.298. The van der Waals surface area contributed by atoms with Gasteiger partial charge in [0.1, 0.15) is 28.6 Å². The summed E-state index contributed by atoms with van der Waals surface area (Å²) in [6.07, 6.45) is 1.56. The number of fused-ring (bicyclic) bond motifs is 1. The molecule has 1 N–H and O–H groups in total. The van der Waals surface area contributed by atoms with Gasteiger partial charge < -0.3 is 13.9 Å². The average Bonchev–Trinajstić information content (AvgIpc) is 3.40. The second-order valence-electron chi connectivity index (χ2n) is 6.66. The van der Waals surface area contributed by atoms with Crippen LogP contribution in [0.15, 0.2) is 92.7 Å². The molecular formula is C24H15FN2O3. The van der Waals surface area contributed by atoms with Crippen molar-refractivity contribution in [3.63, 3.8) is 0 Å². The molecule has 3 aromatic carbocycles. The fraction of sp³-hybridized carbons (Fsp3) is 0. The number of benzene rings is 3. The minimum absolute atomic E-state index is 0.0163. The molecule has 0 aliphatic heterocycles. The van der Waals surface area contributed by atoms with Crippen LogP contribution in [0.4, 0.5) is 10.1 Å². The standard InChI is InChI=1S/C24H15FN2O3/c25-16-7-5-15(6-8-16)22-12-10-18(29-22)14-26-17-9-11-19(21(28)13-17)24-27-20-3-1-2-4-23(20)30-24/h1-14,28H. The second kappa shape index (κ2) is 7.33. The molecule has 0 bridgehead atoms. The van der Waals surface area contributed by atoms with Crippen molar-refractivity contribution in [3.05, 3.63) is 90.4 Å². The first-order valence-electron chi connectivity index (χ1n) is 9.24. The summed E-state index contributed by atoms with van der Waals surface area (Å²) in [6, 6.07) is 22.0. The molecule has 30 heavy (non-hydrogen) atoms. The number of para-hydroxylation sites is 2. The monoisotopic (exact) mass is 398 g/mol. The van der Waals surface area contributed by atoms with Crippen LogP contribution in [-0.4, -0.2) is 16.3 Å². The molecule has 5 nitrogen and oxygen atoms in total. The van der Waals surface area contributed by atoms with Gasteiger partial charge in [-0.15, -0.1) is 0 Å². The van der Waals surface area contributed by atoms with E-state index < -0.39 is 0 Å². The summed E-state index contributed by atoms with van der Waals surface area (Å²) in [5.41, 5.74) is 3.19. The van der Waals surface area contributed by atoms with Gasteiger partial charge in [0, 0.05) is 11.6 Å². The van der Waals surface area contributed by atoms with E-state index in [0.717, 1.165) is 11.1 Å². The van der Waals surface area contributed by atoms with Crippen molar-refractivity contribution >= 4 is 23.0 Å². The Morgan fingerprint density at radius 3 is 2.53 bits per heavy atom. The number of phenols is 1. The smallest absolute Gasteiger partial charge is 0.231 e. The summed E-state index contributed by atoms with van der Waals surface area (Å²) in [5, 5.41) is 10.4. The Balaban J connectivity index is 1.37. The molecule has 0 radical (unpaired) electrons. The number of nitrogens with zero attached hydrogens (tertiary/aromatic N) is 2. The van der Waals surface area contributed by atoms with E-state index in [4.69, 9.17) is 8.83 Å². The van der Waals surface area contributed by atoms with Crippen molar-refractivity contribution in [2.24, 2.45) is 4.99 Å². The summed E-state index contributed by atoms with van der Waals surface area (Å²) in [7, 11) is 0. The highest BCUT2D eigenvalue weighted by Crippen LogP contribution is 2.33. The fourth-order valence-electron chi connectivity index (χ4n) is 3.10. The third kappa shape index (κ3) is 3.46. The quantitative estimate of drug-likeness (QED) is 0.358. The van der Waals surface area contributed by atoms with E-state index in [-0.39, 0.29) is 11.6 Å². The third-order valence-corrected chi connectivity index (χ3v) is 4.60. The Morgan fingerprint density at radius 2 is 1.73 bits per heavy atom. The van der Waals surface area contributed by atoms with Crippen LogP contribution in [0.5, 0.6) is 5.75 Å². The molecule has 5 rings (SSSR count). The number of phenolic OH excluding ortho intramolecular Hbond substituents is 1. The van der Waals surface area contributed by atoms with Gasteiger partial charge in [0.25, 0.3) is 0 Å². The largest absolute Gasteiger partial charge is 0.507 e. The van der Waals surface area contributed by atoms with Crippen LogP contribution in [0.1, 0.15) is 5.76 Å². The Morgan fingerprint density at radius 1 is 0.900 bits per heavy atom. The topological polar surface area (TPSA) is 71.8 Å². The maximum absolute atomic E-state index is 13.1. The summed E-state index contributed by atoms with van der Waals surface area (Å²) in [6.45, 7) is 0. The van der Waals surface area contributed by atoms with Crippen molar-refractivity contribution in [1.82, 2.24) is 4.98 Å². The van der Waals surface area contributed by atoms with Gasteiger partial charge in [-0.2, -0.15) is 0 Å². The van der Waals surface area contributed by atoms with E-state index in [2.05, 4.69) is 9.98 Å². The first kappa shape index (κ1) is 17.9. The third-order valence-electron chi connectivity index (χ3n) is 4.60. The van der Waals surface area contributed by atoms with Crippen molar-refractivity contribution in [3.8, 4) is 28.5 Å². The predicted molar refractivity (Wildman–Crippen MR) is 112 cm³/mol. The normalized spacial score (nSPS) is 11.5. The predicted octanol–water partition coefficient (Wildman–Crippen LogP) is 6.35. The van der Waals surface area contributed by atoms with E-state index in [9.17, 15) is 9.50 Å². The van der Waals surface area contributed by atoms with Crippen molar-refractivity contribution in [1.29, 1.82) is 0 Å². The van der Waals surface area contributed by atoms with Gasteiger partial charge >= 0.3 is 0 Å². The van der Waals surface area contributed by atoms with E-state index in [1.807, 2.05) is 24.3 Å². The lowest BCUT2D eigenvalue weighted by Crippen LogP contribution is -1.80. The minimum Gasteiger partial charge on any atom is -0.507 e. The van der Waals surface area contributed by atoms with Gasteiger partial charge in [0.05, 0.1) is 17.5 Å². The van der Waals surface area contributed by atoms with Gasteiger partial charge in [-0.3, -0.25) is 4.99 Å². The number of aliphatic imine (C=N–C) groups is 1. The number of oxazole rings is 1. The molecule has 146 valence electrons. The molecule has 0 amide bonds. The van der Waals surface area contributed by atoms with Gasteiger partial charge in [-0.05, 0) is 60.7 Å². The molecule has 0 fully saturated rings. The lowest BCUT2D eigenvalue weighted by Gasteiger charge is -2.01. The van der Waals surface area contributed by atoms with Crippen LogP contribution in [0.25, 0.3) is 33.9 Å². The number of hydrogen-bond acceptors (Lipinski definition) is 5. The Hall–Kier alpha value is -4.19. The SMILES string of the molecule is Oc1cc(N=Cc2ccc(-c3ccc(F)cc3)o2)ccc1-c1nc2ccccc2o1. The lowest BCUT2D eigenvalue weighted by atomic mass is 10.2. The summed E-state index contributed by atoms with van der Waals surface area (Å²) in [4.78, 5) is 8.75. The summed E-state index contributed by atoms with van der Waals surface area (Å²) in [5.74, 6) is 1.22. The molecule has 0 aliphatic carbocycles. The maximum atomic E-state index is 13.1. The zero-order valence-corrected chi connectivity index (χ0v) is 15.6. The Bertz CT molecular complexity index is 1330. The van der Waals surface area contributed by atoms with Gasteiger partial charge in [0.2, 0.25) is 5.89 Å². The molecule has 0 saturated heterocycles. The molecule has 0 atom stereocenters. The van der Waals surface area contributed by atoms with Gasteiger partial charge in [-0.1, -0.05) is 12.1 Å². The van der Waals surface area contributed by atoms with E-state index in [1.54, 1.807) is 42.6 Å². The fourth-order valence-corrected chi connectivity index (χ4v) is 3.10. The van der Waals surface area contributed by atoms with Gasteiger partial charge in [0.15, 0.2) is 5.58 Å². The molecule has 0 spiro atoms. The van der Waals surface area contributed by atoms with Crippen LogP contribution in [0, 0.1) is 5.82 Å². The summed E-state index contributed by atoms with van der Waals surface area (Å²) < 4.78 is 24.5. The van der Waals surface area contributed by atoms with Crippen LogP contribution in [-0.2, 0) is 0 Å². The maximum Gasteiger partial charge on any atom is 0.231 e. The second-order valence-corrected chi connectivity index (χ2v) is 6.66. The molecule has 0 saturated carbocycles. The number of aromatic nitrogens is 1. The molecule has 0 unspecified atom stereocenters. The van der Waals surface area contributed by atoms with Crippen molar-refractivity contribution in [2.75, 3.05) is 0 Å². The number of rotatable bonds is 4. The highest BCUT2D eigenvalue weighted by Gasteiger charge is 2.12. The highest BCUT2D eigenvalue weighted by molar-refractivity contribution is 5.81. The van der Waals surface area contributed by atoms with E-state index >= 15 is 0 Å². The molecule has 2 aromatic heterocycles. The first-order chi connectivity index (χ1) is 14.7. The van der Waals surface area contributed by atoms with E-state index in [1.165, 1.54) is 18.2 Å². The zero-order valence-electron chi connectivity index (χ0n) is 15.6. The van der Waals surface area contributed by atoms with Gasteiger partial charge in [-0.25, -0.2) is 9.37 Å². The lowest BCUT2D eigenvalue weighted by molar-refractivity contribution is 0.474. The van der Waals surface area contributed by atoms with Crippen LogP contribution in [0.3, 0.4) is 0 Å². The van der Waals surface area contributed by atoms with Crippen LogP contribution < -0.4 is 0 Å². The number of halogens is 1. The summed E-state index contributed by atoms with van der Waals surface area (Å²) >= 11 is 0. The number of hydrogen-bond donors (Lipinski definition) is 1. The van der Waals surface area contributed by atoms with Crippen LogP contribution in [0.2, 0.25) is 0 Å². The highest BCUT2D eigenvalue weighted by atomic mass is 19.1. The average molecular weight is 398 g/mol. The van der Waals surface area contributed by atoms with E-state index in [0.29, 0.717) is 34.2 Å². The number of aromatic hydroxyl groups is 1. The van der Waals surface area contributed by atoms with Crippen molar-refractivity contribution in [2.45, 2.75) is 0 Å². The van der Waals surface area contributed by atoms with Crippen LogP contribution >= 0.6 is 0 Å². The first-order valence-corrected chi connectivity index (χ1v) is 9.24.